The lowest BCUT2D eigenvalue weighted by molar-refractivity contribution is 0.412. The zero-order valence-electron chi connectivity index (χ0n) is 13.8. The van der Waals surface area contributed by atoms with E-state index in [0.717, 1.165) is 11.4 Å². The van der Waals surface area contributed by atoms with Crippen LogP contribution in [0.25, 0.3) is 0 Å². The molecule has 0 saturated heterocycles. The third-order valence-corrected chi connectivity index (χ3v) is 4.09. The van der Waals surface area contributed by atoms with E-state index >= 15 is 0 Å². The molecule has 2 unspecified atom stereocenters. The molecule has 0 aliphatic carbocycles. The normalized spacial score (nSPS) is 14.0. The van der Waals surface area contributed by atoms with Gasteiger partial charge in [0.1, 0.15) is 5.75 Å². The lowest BCUT2D eigenvalue weighted by atomic mass is 10.0. The van der Waals surface area contributed by atoms with E-state index in [2.05, 4.69) is 50.2 Å². The van der Waals surface area contributed by atoms with Crippen molar-refractivity contribution in [3.05, 3.63) is 46.8 Å². The van der Waals surface area contributed by atoms with Crippen molar-refractivity contribution in [3.8, 4) is 5.75 Å². The van der Waals surface area contributed by atoms with Gasteiger partial charge in [-0.3, -0.25) is 4.68 Å². The van der Waals surface area contributed by atoms with Crippen LogP contribution in [0.4, 0.5) is 0 Å². The van der Waals surface area contributed by atoms with Crippen LogP contribution in [0.15, 0.2) is 24.3 Å². The van der Waals surface area contributed by atoms with Crippen molar-refractivity contribution in [3.63, 3.8) is 0 Å². The standard InChI is InChI=1S/C17H25N3O/c1-11(15-8-7-9-16(10-15)21-6)18-12(2)17-13(3)19-20(5)14(17)4/h7-12,18H,1-6H3. The van der Waals surface area contributed by atoms with Crippen LogP contribution in [-0.2, 0) is 7.05 Å². The van der Waals surface area contributed by atoms with Gasteiger partial charge in [0.25, 0.3) is 0 Å². The predicted octanol–water partition coefficient (Wildman–Crippen LogP) is 3.46. The molecule has 21 heavy (non-hydrogen) atoms. The molecule has 0 amide bonds. The highest BCUT2D eigenvalue weighted by molar-refractivity contribution is 5.31. The van der Waals surface area contributed by atoms with Gasteiger partial charge in [-0.1, -0.05) is 12.1 Å². The Balaban J connectivity index is 2.16. The number of methoxy groups -OCH3 is 1. The number of aryl methyl sites for hydroxylation is 2. The van der Waals surface area contributed by atoms with Gasteiger partial charge in [0.2, 0.25) is 0 Å². The van der Waals surface area contributed by atoms with E-state index in [1.807, 2.05) is 23.9 Å². The maximum absolute atomic E-state index is 5.30. The van der Waals surface area contributed by atoms with Crippen molar-refractivity contribution in [2.75, 3.05) is 7.11 Å². The number of aromatic nitrogens is 2. The Bertz CT molecular complexity index is 618. The summed E-state index contributed by atoms with van der Waals surface area (Å²) >= 11 is 0. The number of rotatable bonds is 5. The lowest BCUT2D eigenvalue weighted by Gasteiger charge is -2.21. The molecule has 4 nitrogen and oxygen atoms in total. The van der Waals surface area contributed by atoms with E-state index in [9.17, 15) is 0 Å². The van der Waals surface area contributed by atoms with E-state index in [-0.39, 0.29) is 12.1 Å². The topological polar surface area (TPSA) is 39.1 Å². The molecule has 0 saturated carbocycles. The van der Waals surface area contributed by atoms with Gasteiger partial charge >= 0.3 is 0 Å². The van der Waals surface area contributed by atoms with Crippen LogP contribution in [0.2, 0.25) is 0 Å². The molecule has 2 atom stereocenters. The van der Waals surface area contributed by atoms with Crippen molar-refractivity contribution >= 4 is 0 Å². The first-order chi connectivity index (χ1) is 9.93. The van der Waals surface area contributed by atoms with Crippen molar-refractivity contribution in [1.82, 2.24) is 15.1 Å². The minimum absolute atomic E-state index is 0.245. The van der Waals surface area contributed by atoms with Crippen LogP contribution in [0.3, 0.4) is 0 Å². The van der Waals surface area contributed by atoms with Gasteiger partial charge in [-0.15, -0.1) is 0 Å². The van der Waals surface area contributed by atoms with E-state index in [1.54, 1.807) is 7.11 Å². The SMILES string of the molecule is COc1cccc(C(C)NC(C)c2c(C)nn(C)c2C)c1. The molecule has 1 N–H and O–H groups in total. The van der Waals surface area contributed by atoms with Crippen LogP contribution in [-0.4, -0.2) is 16.9 Å². The summed E-state index contributed by atoms with van der Waals surface area (Å²) in [6, 6.07) is 8.68. The van der Waals surface area contributed by atoms with E-state index < -0.39 is 0 Å². The average Bonchev–Trinajstić information content (AvgIpc) is 2.72. The largest absolute Gasteiger partial charge is 0.497 e. The second kappa shape index (κ2) is 6.31. The van der Waals surface area contributed by atoms with Crippen molar-refractivity contribution in [1.29, 1.82) is 0 Å². The second-order valence-corrected chi connectivity index (χ2v) is 5.59. The number of nitrogens with zero attached hydrogens (tertiary/aromatic N) is 2. The van der Waals surface area contributed by atoms with Crippen LogP contribution < -0.4 is 10.1 Å². The Labute approximate surface area is 127 Å². The molecular formula is C17H25N3O. The minimum Gasteiger partial charge on any atom is -0.497 e. The Kier molecular flexibility index (Phi) is 4.68. The van der Waals surface area contributed by atoms with Gasteiger partial charge in [0.15, 0.2) is 0 Å². The first-order valence-corrected chi connectivity index (χ1v) is 7.34. The molecule has 4 heteroatoms. The molecule has 2 rings (SSSR count). The van der Waals surface area contributed by atoms with Gasteiger partial charge < -0.3 is 10.1 Å². The quantitative estimate of drug-likeness (QED) is 0.915. The van der Waals surface area contributed by atoms with Crippen molar-refractivity contribution in [2.24, 2.45) is 7.05 Å². The fourth-order valence-electron chi connectivity index (χ4n) is 2.88. The Morgan fingerprint density at radius 2 is 1.90 bits per heavy atom. The van der Waals surface area contributed by atoms with Gasteiger partial charge in [0, 0.05) is 30.4 Å². The van der Waals surface area contributed by atoms with Gasteiger partial charge in [-0.2, -0.15) is 5.10 Å². The van der Waals surface area contributed by atoms with E-state index in [1.165, 1.54) is 16.8 Å². The molecule has 1 aromatic heterocycles. The van der Waals surface area contributed by atoms with Crippen molar-refractivity contribution in [2.45, 2.75) is 39.8 Å². The van der Waals surface area contributed by atoms with Gasteiger partial charge in [0.05, 0.1) is 12.8 Å². The molecular weight excluding hydrogens is 262 g/mol. The average molecular weight is 287 g/mol. The number of benzene rings is 1. The summed E-state index contributed by atoms with van der Waals surface area (Å²) in [5.74, 6) is 0.891. The van der Waals surface area contributed by atoms with Crippen molar-refractivity contribution < 1.29 is 4.74 Å². The highest BCUT2D eigenvalue weighted by atomic mass is 16.5. The molecule has 0 aliphatic heterocycles. The first kappa shape index (κ1) is 15.6. The molecule has 114 valence electrons. The van der Waals surface area contributed by atoms with Crippen LogP contribution in [0, 0.1) is 13.8 Å². The molecule has 2 aromatic rings. The summed E-state index contributed by atoms with van der Waals surface area (Å²) in [7, 11) is 3.69. The Morgan fingerprint density at radius 3 is 2.48 bits per heavy atom. The number of ether oxygens (including phenoxy) is 1. The van der Waals surface area contributed by atoms with Gasteiger partial charge in [-0.05, 0) is 45.4 Å². The third kappa shape index (κ3) is 3.27. The highest BCUT2D eigenvalue weighted by Gasteiger charge is 2.18. The van der Waals surface area contributed by atoms with Crippen LogP contribution in [0.5, 0.6) is 5.75 Å². The summed E-state index contributed by atoms with van der Waals surface area (Å²) in [4.78, 5) is 0. The molecule has 1 heterocycles. The van der Waals surface area contributed by atoms with Crippen LogP contribution >= 0.6 is 0 Å². The smallest absolute Gasteiger partial charge is 0.119 e. The van der Waals surface area contributed by atoms with E-state index in [4.69, 9.17) is 4.74 Å². The summed E-state index contributed by atoms with van der Waals surface area (Å²) in [5, 5.41) is 8.15. The lowest BCUT2D eigenvalue weighted by Crippen LogP contribution is -2.23. The summed E-state index contributed by atoms with van der Waals surface area (Å²) in [6.07, 6.45) is 0. The minimum atomic E-state index is 0.245. The van der Waals surface area contributed by atoms with E-state index in [0.29, 0.717) is 0 Å². The molecule has 0 spiro atoms. The number of nitrogens with one attached hydrogen (secondary N) is 1. The summed E-state index contributed by atoms with van der Waals surface area (Å²) in [5.41, 5.74) is 4.81. The van der Waals surface area contributed by atoms with Gasteiger partial charge in [-0.25, -0.2) is 0 Å². The number of hydrogen-bond donors (Lipinski definition) is 1. The summed E-state index contributed by atoms with van der Waals surface area (Å²) in [6.45, 7) is 8.54. The Hall–Kier alpha value is -1.81. The monoisotopic (exact) mass is 287 g/mol. The molecule has 1 aromatic carbocycles. The fraction of sp³-hybridized carbons (Fsp3) is 0.471. The molecule has 0 radical (unpaired) electrons. The maximum atomic E-state index is 5.30. The zero-order valence-corrected chi connectivity index (χ0v) is 13.8. The fourth-order valence-corrected chi connectivity index (χ4v) is 2.88. The molecule has 0 aliphatic rings. The molecule has 0 bridgehead atoms. The van der Waals surface area contributed by atoms with Crippen LogP contribution in [0.1, 0.15) is 48.4 Å². The first-order valence-electron chi connectivity index (χ1n) is 7.34. The maximum Gasteiger partial charge on any atom is 0.119 e. The highest BCUT2D eigenvalue weighted by Crippen LogP contribution is 2.25. The Morgan fingerprint density at radius 1 is 1.19 bits per heavy atom. The zero-order chi connectivity index (χ0) is 15.6. The molecule has 0 fully saturated rings. The summed E-state index contributed by atoms with van der Waals surface area (Å²) < 4.78 is 7.24. The third-order valence-electron chi connectivity index (χ3n) is 4.09. The number of hydrogen-bond acceptors (Lipinski definition) is 3. The predicted molar refractivity (Wildman–Crippen MR) is 85.6 cm³/mol. The second-order valence-electron chi connectivity index (χ2n) is 5.59.